The standard InChI is InChI=1S/C5H5NO6S2/c7-13(8,9)4-1-5(3-6-2-4)14(10,11)12/h1-3H,(H,7,8,9)(H,10,11,12). The van der Waals surface area contributed by atoms with Crippen LogP contribution in [0.5, 0.6) is 0 Å². The molecule has 0 radical (unpaired) electrons. The Labute approximate surface area is 79.9 Å². The third kappa shape index (κ3) is 2.48. The zero-order valence-corrected chi connectivity index (χ0v) is 8.16. The van der Waals surface area contributed by atoms with Gasteiger partial charge in [0.25, 0.3) is 20.2 Å². The van der Waals surface area contributed by atoms with Gasteiger partial charge in [-0.1, -0.05) is 0 Å². The van der Waals surface area contributed by atoms with E-state index in [1.807, 2.05) is 0 Å². The van der Waals surface area contributed by atoms with Gasteiger partial charge in [0.05, 0.1) is 0 Å². The van der Waals surface area contributed by atoms with Crippen molar-refractivity contribution in [1.82, 2.24) is 4.98 Å². The Hall–Kier alpha value is -1.03. The van der Waals surface area contributed by atoms with Crippen molar-refractivity contribution in [1.29, 1.82) is 0 Å². The predicted octanol–water partition coefficient (Wildman–Crippen LogP) is -0.425. The Morgan fingerprint density at radius 3 is 1.57 bits per heavy atom. The van der Waals surface area contributed by atoms with Crippen molar-refractivity contribution in [3.8, 4) is 0 Å². The molecule has 2 N–H and O–H groups in total. The summed E-state index contributed by atoms with van der Waals surface area (Å²) in [6.45, 7) is 0. The summed E-state index contributed by atoms with van der Waals surface area (Å²) in [5, 5.41) is 0. The Balaban J connectivity index is 3.44. The maximum Gasteiger partial charge on any atom is 0.296 e. The first-order valence-electron chi connectivity index (χ1n) is 3.11. The lowest BCUT2D eigenvalue weighted by Crippen LogP contribution is -2.03. The molecule has 0 aliphatic heterocycles. The molecule has 0 amide bonds. The lowest BCUT2D eigenvalue weighted by Gasteiger charge is -1.98. The van der Waals surface area contributed by atoms with E-state index < -0.39 is 30.0 Å². The number of aromatic nitrogens is 1. The quantitative estimate of drug-likeness (QED) is 0.671. The molecule has 0 spiro atoms. The summed E-state index contributed by atoms with van der Waals surface area (Å²) in [5.74, 6) is 0. The fourth-order valence-electron chi connectivity index (χ4n) is 0.681. The second-order valence-corrected chi connectivity index (χ2v) is 5.15. The van der Waals surface area contributed by atoms with E-state index in [1.165, 1.54) is 0 Å². The minimum Gasteiger partial charge on any atom is -0.282 e. The Kier molecular flexibility index (Phi) is 2.58. The molecule has 0 aliphatic rings. The molecule has 0 unspecified atom stereocenters. The first-order valence-corrected chi connectivity index (χ1v) is 5.99. The van der Waals surface area contributed by atoms with Crippen molar-refractivity contribution >= 4 is 20.2 Å². The van der Waals surface area contributed by atoms with Gasteiger partial charge < -0.3 is 0 Å². The molecule has 0 aromatic carbocycles. The van der Waals surface area contributed by atoms with Crippen LogP contribution in [0.3, 0.4) is 0 Å². The summed E-state index contributed by atoms with van der Waals surface area (Å²) >= 11 is 0. The molecule has 1 heterocycles. The fraction of sp³-hybridized carbons (Fsp3) is 0. The highest BCUT2D eigenvalue weighted by Crippen LogP contribution is 2.12. The summed E-state index contributed by atoms with van der Waals surface area (Å²) < 4.78 is 59.3. The first kappa shape index (κ1) is 11.0. The van der Waals surface area contributed by atoms with Crippen LogP contribution in [-0.2, 0) is 20.2 Å². The molecule has 0 fully saturated rings. The minimum absolute atomic E-state index is 0.595. The van der Waals surface area contributed by atoms with E-state index in [4.69, 9.17) is 9.11 Å². The molecule has 1 aromatic rings. The molecule has 9 heteroatoms. The van der Waals surface area contributed by atoms with Crippen molar-refractivity contribution in [2.75, 3.05) is 0 Å². The molecule has 1 aromatic heterocycles. The van der Waals surface area contributed by atoms with Gasteiger partial charge in [0.1, 0.15) is 9.79 Å². The molecule has 1 rings (SSSR count). The largest absolute Gasteiger partial charge is 0.296 e. The van der Waals surface area contributed by atoms with Crippen LogP contribution in [0.2, 0.25) is 0 Å². The van der Waals surface area contributed by atoms with Crippen LogP contribution in [-0.4, -0.2) is 30.9 Å². The van der Waals surface area contributed by atoms with Gasteiger partial charge in [-0.15, -0.1) is 0 Å². The summed E-state index contributed by atoms with van der Waals surface area (Å²) in [6, 6.07) is 0.595. The molecule has 0 atom stereocenters. The third-order valence-electron chi connectivity index (χ3n) is 1.28. The van der Waals surface area contributed by atoms with Crippen LogP contribution in [0, 0.1) is 0 Å². The lowest BCUT2D eigenvalue weighted by atomic mass is 10.5. The summed E-state index contributed by atoms with van der Waals surface area (Å²) in [7, 11) is -9.05. The van der Waals surface area contributed by atoms with E-state index in [-0.39, 0.29) is 0 Å². The molecule has 0 aliphatic carbocycles. The van der Waals surface area contributed by atoms with E-state index in [0.29, 0.717) is 6.07 Å². The third-order valence-corrected chi connectivity index (χ3v) is 2.92. The topological polar surface area (TPSA) is 122 Å². The van der Waals surface area contributed by atoms with E-state index in [2.05, 4.69) is 4.98 Å². The molecule has 0 saturated carbocycles. The molecule has 0 saturated heterocycles. The van der Waals surface area contributed by atoms with Crippen LogP contribution in [0.25, 0.3) is 0 Å². The average Bonchev–Trinajstić information content (AvgIpc) is 2.01. The normalized spacial score (nSPS) is 12.7. The Morgan fingerprint density at radius 2 is 1.29 bits per heavy atom. The van der Waals surface area contributed by atoms with E-state index in [1.54, 1.807) is 0 Å². The van der Waals surface area contributed by atoms with E-state index in [9.17, 15) is 16.8 Å². The smallest absolute Gasteiger partial charge is 0.282 e. The number of rotatable bonds is 2. The molecule has 0 bridgehead atoms. The zero-order chi connectivity index (χ0) is 11.0. The summed E-state index contributed by atoms with van der Waals surface area (Å²) in [4.78, 5) is 1.84. The number of pyridine rings is 1. The molecule has 7 nitrogen and oxygen atoms in total. The van der Waals surface area contributed by atoms with Gasteiger partial charge in [-0.25, -0.2) is 0 Å². The van der Waals surface area contributed by atoms with Crippen molar-refractivity contribution in [3.63, 3.8) is 0 Å². The summed E-state index contributed by atoms with van der Waals surface area (Å²) in [6.07, 6.45) is 1.51. The van der Waals surface area contributed by atoms with Crippen LogP contribution < -0.4 is 0 Å². The monoisotopic (exact) mass is 239 g/mol. The SMILES string of the molecule is O=S(=O)(O)c1cncc(S(=O)(=O)O)c1. The fourth-order valence-corrected chi connectivity index (χ4v) is 1.70. The van der Waals surface area contributed by atoms with Gasteiger partial charge in [-0.3, -0.25) is 14.1 Å². The molecule has 78 valence electrons. The zero-order valence-electron chi connectivity index (χ0n) is 6.52. The van der Waals surface area contributed by atoms with Gasteiger partial charge in [0.15, 0.2) is 0 Å². The van der Waals surface area contributed by atoms with Crippen molar-refractivity contribution in [3.05, 3.63) is 18.5 Å². The molecular formula is C5H5NO6S2. The minimum atomic E-state index is -4.52. The van der Waals surface area contributed by atoms with Gasteiger partial charge >= 0.3 is 0 Å². The lowest BCUT2D eigenvalue weighted by molar-refractivity contribution is 0.480. The maximum atomic E-state index is 10.6. The van der Waals surface area contributed by atoms with Crippen LogP contribution >= 0.6 is 0 Å². The van der Waals surface area contributed by atoms with Crippen LogP contribution in [0.15, 0.2) is 28.3 Å². The Bertz CT molecular complexity index is 498. The van der Waals surface area contributed by atoms with Crippen LogP contribution in [0.1, 0.15) is 0 Å². The van der Waals surface area contributed by atoms with Crippen molar-refractivity contribution in [2.45, 2.75) is 9.79 Å². The van der Waals surface area contributed by atoms with Gasteiger partial charge in [0, 0.05) is 12.4 Å². The van der Waals surface area contributed by atoms with Crippen LogP contribution in [0.4, 0.5) is 0 Å². The summed E-state index contributed by atoms with van der Waals surface area (Å²) in [5.41, 5.74) is 0. The molecular weight excluding hydrogens is 234 g/mol. The number of nitrogens with zero attached hydrogens (tertiary/aromatic N) is 1. The van der Waals surface area contributed by atoms with Gasteiger partial charge in [-0.05, 0) is 6.07 Å². The second-order valence-electron chi connectivity index (χ2n) is 2.31. The predicted molar refractivity (Wildman–Crippen MR) is 43.9 cm³/mol. The highest BCUT2D eigenvalue weighted by Gasteiger charge is 2.16. The van der Waals surface area contributed by atoms with E-state index in [0.717, 1.165) is 12.4 Å². The van der Waals surface area contributed by atoms with Gasteiger partial charge in [-0.2, -0.15) is 16.8 Å². The molecule has 14 heavy (non-hydrogen) atoms. The van der Waals surface area contributed by atoms with Gasteiger partial charge in [0.2, 0.25) is 0 Å². The Morgan fingerprint density at radius 1 is 0.929 bits per heavy atom. The highest BCUT2D eigenvalue weighted by atomic mass is 32.2. The maximum absolute atomic E-state index is 10.6. The van der Waals surface area contributed by atoms with E-state index >= 15 is 0 Å². The average molecular weight is 239 g/mol. The van der Waals surface area contributed by atoms with Crippen molar-refractivity contribution < 1.29 is 25.9 Å². The van der Waals surface area contributed by atoms with Crippen molar-refractivity contribution in [2.24, 2.45) is 0 Å². The highest BCUT2D eigenvalue weighted by molar-refractivity contribution is 7.86. The number of hydrogen-bond acceptors (Lipinski definition) is 5. The second kappa shape index (κ2) is 3.28. The first-order chi connectivity index (χ1) is 6.21. The number of hydrogen-bond donors (Lipinski definition) is 2.